The van der Waals surface area contributed by atoms with Gasteiger partial charge in [0.05, 0.1) is 18.4 Å². The lowest BCUT2D eigenvalue weighted by Crippen LogP contribution is -2.40. The Bertz CT molecular complexity index is 1100. The Balaban J connectivity index is 1.77. The number of nitrogens with zero attached hydrogens (tertiary/aromatic N) is 3. The molecule has 0 saturated heterocycles. The standard InChI is InChI=1S/C24H30F2N6O2/c1-16(27-9-10-34-3)13-29-24(33)20-12-21(26)22(18-14-30-32(2)15-18)31-23(20)28-8-7-17-5-4-6-19(25)11-17/h4-6,11-12,14-16,27H,7-10,13H2,1-3H3,(H,28,31)(H,29,33)/t16-/m1/s1. The second kappa shape index (κ2) is 12.2. The van der Waals surface area contributed by atoms with Gasteiger partial charge in [0.25, 0.3) is 5.91 Å². The van der Waals surface area contributed by atoms with Gasteiger partial charge < -0.3 is 20.7 Å². The number of methoxy groups -OCH3 is 1. The van der Waals surface area contributed by atoms with Crippen molar-refractivity contribution < 1.29 is 18.3 Å². The third-order valence-corrected chi connectivity index (χ3v) is 5.16. The minimum Gasteiger partial charge on any atom is -0.383 e. The van der Waals surface area contributed by atoms with E-state index in [0.29, 0.717) is 38.2 Å². The number of hydrogen-bond acceptors (Lipinski definition) is 6. The van der Waals surface area contributed by atoms with E-state index in [9.17, 15) is 13.6 Å². The van der Waals surface area contributed by atoms with Crippen molar-refractivity contribution in [3.8, 4) is 11.3 Å². The molecule has 10 heteroatoms. The van der Waals surface area contributed by atoms with Crippen LogP contribution in [0.3, 0.4) is 0 Å². The highest BCUT2D eigenvalue weighted by molar-refractivity contribution is 5.99. The Kier molecular flexibility index (Phi) is 9.06. The summed E-state index contributed by atoms with van der Waals surface area (Å²) in [5.74, 6) is -1.14. The molecule has 34 heavy (non-hydrogen) atoms. The fraction of sp³-hybridized carbons (Fsp3) is 0.375. The summed E-state index contributed by atoms with van der Waals surface area (Å²) in [6.45, 7) is 3.86. The molecule has 0 spiro atoms. The van der Waals surface area contributed by atoms with Gasteiger partial charge in [-0.05, 0) is 37.1 Å². The fourth-order valence-electron chi connectivity index (χ4n) is 3.38. The number of carbonyl (C=O) groups is 1. The van der Waals surface area contributed by atoms with E-state index in [1.807, 2.05) is 13.0 Å². The molecule has 182 valence electrons. The van der Waals surface area contributed by atoms with E-state index in [-0.39, 0.29) is 28.9 Å². The van der Waals surface area contributed by atoms with Gasteiger partial charge in [-0.2, -0.15) is 5.10 Å². The van der Waals surface area contributed by atoms with Crippen LogP contribution in [0.5, 0.6) is 0 Å². The molecule has 0 fully saturated rings. The number of ether oxygens (including phenoxy) is 1. The SMILES string of the molecule is COCCN[C@H](C)CNC(=O)c1cc(F)c(-c2cnn(C)c2)nc1NCCc1cccc(F)c1. The Labute approximate surface area is 197 Å². The minimum absolute atomic E-state index is 0.00374. The summed E-state index contributed by atoms with van der Waals surface area (Å²) in [6, 6.07) is 7.46. The van der Waals surface area contributed by atoms with Crippen molar-refractivity contribution in [1.82, 2.24) is 25.4 Å². The first-order valence-corrected chi connectivity index (χ1v) is 11.1. The molecular weight excluding hydrogens is 442 g/mol. The highest BCUT2D eigenvalue weighted by Crippen LogP contribution is 2.25. The quantitative estimate of drug-likeness (QED) is 0.351. The average Bonchev–Trinajstić information content (AvgIpc) is 3.24. The number of anilines is 1. The Hall–Kier alpha value is -3.37. The van der Waals surface area contributed by atoms with Gasteiger partial charge in [-0.25, -0.2) is 13.8 Å². The molecule has 1 atom stereocenters. The first-order chi connectivity index (χ1) is 16.4. The van der Waals surface area contributed by atoms with Crippen molar-refractivity contribution in [2.24, 2.45) is 7.05 Å². The first kappa shape index (κ1) is 25.3. The number of amides is 1. The summed E-state index contributed by atoms with van der Waals surface area (Å²) >= 11 is 0. The van der Waals surface area contributed by atoms with E-state index < -0.39 is 11.7 Å². The van der Waals surface area contributed by atoms with Gasteiger partial charge in [0.1, 0.15) is 17.3 Å². The van der Waals surface area contributed by atoms with Gasteiger partial charge in [0.15, 0.2) is 5.82 Å². The van der Waals surface area contributed by atoms with Crippen LogP contribution in [0.2, 0.25) is 0 Å². The van der Waals surface area contributed by atoms with Crippen LogP contribution in [0.1, 0.15) is 22.8 Å². The van der Waals surface area contributed by atoms with Gasteiger partial charge in [-0.3, -0.25) is 9.48 Å². The summed E-state index contributed by atoms with van der Waals surface area (Å²) < 4.78 is 35.0. The lowest BCUT2D eigenvalue weighted by molar-refractivity contribution is 0.0949. The van der Waals surface area contributed by atoms with Crippen molar-refractivity contribution in [2.45, 2.75) is 19.4 Å². The van der Waals surface area contributed by atoms with Gasteiger partial charge in [-0.15, -0.1) is 0 Å². The van der Waals surface area contributed by atoms with E-state index in [1.165, 1.54) is 24.4 Å². The van der Waals surface area contributed by atoms with Crippen LogP contribution in [-0.4, -0.2) is 60.1 Å². The molecule has 2 heterocycles. The second-order valence-corrected chi connectivity index (χ2v) is 7.98. The zero-order valence-electron chi connectivity index (χ0n) is 19.6. The molecule has 0 radical (unpaired) electrons. The van der Waals surface area contributed by atoms with E-state index >= 15 is 0 Å². The van der Waals surface area contributed by atoms with Crippen LogP contribution in [0, 0.1) is 11.6 Å². The molecule has 0 aliphatic rings. The van der Waals surface area contributed by atoms with Crippen LogP contribution in [0.25, 0.3) is 11.3 Å². The predicted octanol–water partition coefficient (Wildman–Crippen LogP) is 2.77. The molecule has 0 aliphatic carbocycles. The van der Waals surface area contributed by atoms with Crippen molar-refractivity contribution in [2.75, 3.05) is 38.7 Å². The van der Waals surface area contributed by atoms with Crippen LogP contribution >= 0.6 is 0 Å². The zero-order valence-corrected chi connectivity index (χ0v) is 19.6. The van der Waals surface area contributed by atoms with Gasteiger partial charge in [0.2, 0.25) is 0 Å². The highest BCUT2D eigenvalue weighted by Gasteiger charge is 2.20. The number of rotatable bonds is 12. The van der Waals surface area contributed by atoms with Crippen LogP contribution in [0.4, 0.5) is 14.6 Å². The van der Waals surface area contributed by atoms with E-state index in [0.717, 1.165) is 5.56 Å². The third-order valence-electron chi connectivity index (χ3n) is 5.16. The molecule has 1 amide bonds. The van der Waals surface area contributed by atoms with Crippen molar-refractivity contribution in [3.63, 3.8) is 0 Å². The van der Waals surface area contributed by atoms with Crippen LogP contribution in [-0.2, 0) is 18.2 Å². The summed E-state index contributed by atoms with van der Waals surface area (Å²) in [6.07, 6.45) is 3.66. The molecule has 3 aromatic rings. The van der Waals surface area contributed by atoms with Crippen LogP contribution < -0.4 is 16.0 Å². The van der Waals surface area contributed by atoms with Crippen molar-refractivity contribution >= 4 is 11.7 Å². The fourth-order valence-corrected chi connectivity index (χ4v) is 3.38. The monoisotopic (exact) mass is 472 g/mol. The zero-order chi connectivity index (χ0) is 24.5. The molecule has 1 aromatic carbocycles. The molecule has 2 aromatic heterocycles. The van der Waals surface area contributed by atoms with Gasteiger partial charge >= 0.3 is 0 Å². The number of aryl methyl sites for hydroxylation is 1. The van der Waals surface area contributed by atoms with Crippen molar-refractivity contribution in [3.05, 3.63) is 65.5 Å². The molecule has 3 rings (SSSR count). The molecule has 0 unspecified atom stereocenters. The minimum atomic E-state index is -0.625. The van der Waals surface area contributed by atoms with Gasteiger partial charge in [0, 0.05) is 51.6 Å². The summed E-state index contributed by atoms with van der Waals surface area (Å²) in [4.78, 5) is 17.3. The number of carbonyl (C=O) groups excluding carboxylic acids is 1. The van der Waals surface area contributed by atoms with E-state index in [2.05, 4.69) is 26.0 Å². The summed E-state index contributed by atoms with van der Waals surface area (Å²) in [5.41, 5.74) is 1.47. The predicted molar refractivity (Wildman–Crippen MR) is 127 cm³/mol. The Morgan fingerprint density at radius 3 is 2.76 bits per heavy atom. The largest absolute Gasteiger partial charge is 0.383 e. The smallest absolute Gasteiger partial charge is 0.255 e. The summed E-state index contributed by atoms with van der Waals surface area (Å²) in [5, 5.41) is 13.2. The summed E-state index contributed by atoms with van der Waals surface area (Å²) in [7, 11) is 3.34. The van der Waals surface area contributed by atoms with Crippen LogP contribution in [0.15, 0.2) is 42.7 Å². The number of benzene rings is 1. The maximum Gasteiger partial charge on any atom is 0.255 e. The molecule has 8 nitrogen and oxygen atoms in total. The number of aromatic nitrogens is 3. The Morgan fingerprint density at radius 2 is 2.06 bits per heavy atom. The number of halogens is 2. The lowest BCUT2D eigenvalue weighted by atomic mass is 10.1. The normalized spacial score (nSPS) is 11.9. The topological polar surface area (TPSA) is 93.1 Å². The highest BCUT2D eigenvalue weighted by atomic mass is 19.1. The van der Waals surface area contributed by atoms with E-state index in [4.69, 9.17) is 4.74 Å². The third kappa shape index (κ3) is 7.06. The average molecular weight is 473 g/mol. The second-order valence-electron chi connectivity index (χ2n) is 7.98. The molecule has 3 N–H and O–H groups in total. The van der Waals surface area contributed by atoms with Crippen molar-refractivity contribution in [1.29, 1.82) is 0 Å². The first-order valence-electron chi connectivity index (χ1n) is 11.1. The maximum atomic E-state index is 14.9. The number of pyridine rings is 1. The van der Waals surface area contributed by atoms with E-state index in [1.54, 1.807) is 31.1 Å². The molecule has 0 bridgehead atoms. The molecule has 0 saturated carbocycles. The Morgan fingerprint density at radius 1 is 1.24 bits per heavy atom. The number of hydrogen-bond donors (Lipinski definition) is 3. The maximum absolute atomic E-state index is 14.9. The van der Waals surface area contributed by atoms with Gasteiger partial charge in [-0.1, -0.05) is 12.1 Å². The molecule has 0 aliphatic heterocycles. The number of nitrogens with one attached hydrogen (secondary N) is 3. The molecular formula is C24H30F2N6O2. The lowest BCUT2D eigenvalue weighted by Gasteiger charge is -2.16.